The summed E-state index contributed by atoms with van der Waals surface area (Å²) in [7, 11) is 0. The molecule has 7 nitrogen and oxygen atoms in total. The average molecular weight is 595 g/mol. The largest absolute Gasteiger partial charge is 0.390 e. The van der Waals surface area contributed by atoms with Crippen LogP contribution in [0.3, 0.4) is 0 Å². The van der Waals surface area contributed by atoms with Crippen LogP contribution in [-0.2, 0) is 19.1 Å². The number of amides is 3. The van der Waals surface area contributed by atoms with Crippen molar-refractivity contribution in [1.82, 2.24) is 10.2 Å². The lowest BCUT2D eigenvalue weighted by atomic mass is 9.60. The minimum absolute atomic E-state index is 0.147. The number of nitrogens with zero attached hydrogens (tertiary/aromatic N) is 1. The number of carbonyl (C=O) groups is 3. The minimum atomic E-state index is -0.570. The Morgan fingerprint density at radius 2 is 1.93 bits per heavy atom. The standard InChI is InChI=1S/C36H54N2O5/c1-25-11-14-29(43-22-8-21-37-32(39)24-38-33(40)17-18-34(38)41)23-28(25)13-12-27-10-7-20-36(5)30(15-16-31(27)36)26(2)9-6-19-35(3,4)42/h12-13,17-18,26,29-31,42H,1,6-11,14-16,19-24H2,2-5H3,(H,37,39)/b27-12+,28-13-/t26-,29+,30+,31+,36-/m1/s1. The Hall–Kier alpha value is -2.51. The summed E-state index contributed by atoms with van der Waals surface area (Å²) in [6.07, 6.45) is 20.2. The number of rotatable bonds is 13. The van der Waals surface area contributed by atoms with Crippen molar-refractivity contribution in [2.45, 2.75) is 116 Å². The molecule has 43 heavy (non-hydrogen) atoms. The number of aliphatic hydroxyl groups is 1. The highest BCUT2D eigenvalue weighted by Gasteiger charge is 2.50. The fraction of sp³-hybridized carbons (Fsp3) is 0.694. The molecule has 0 aromatic rings. The summed E-state index contributed by atoms with van der Waals surface area (Å²) in [5.41, 5.74) is 3.93. The molecule has 4 aliphatic rings. The Morgan fingerprint density at radius 3 is 2.65 bits per heavy atom. The Balaban J connectivity index is 1.24. The van der Waals surface area contributed by atoms with Gasteiger partial charge in [-0.25, -0.2) is 0 Å². The van der Waals surface area contributed by atoms with E-state index in [1.54, 1.807) is 5.57 Å². The van der Waals surface area contributed by atoms with E-state index in [1.165, 1.54) is 61.8 Å². The van der Waals surface area contributed by atoms with Crippen LogP contribution in [0.4, 0.5) is 0 Å². The van der Waals surface area contributed by atoms with Crippen molar-refractivity contribution in [1.29, 1.82) is 0 Å². The maximum atomic E-state index is 12.1. The second-order valence-corrected chi connectivity index (χ2v) is 14.3. The lowest BCUT2D eigenvalue weighted by Crippen LogP contribution is -2.40. The van der Waals surface area contributed by atoms with Crippen LogP contribution in [0.15, 0.2) is 47.6 Å². The van der Waals surface area contributed by atoms with Crippen molar-refractivity contribution >= 4 is 17.7 Å². The van der Waals surface area contributed by atoms with Crippen molar-refractivity contribution in [2.24, 2.45) is 23.2 Å². The monoisotopic (exact) mass is 594 g/mol. The average Bonchev–Trinajstić information content (AvgIpc) is 3.46. The van der Waals surface area contributed by atoms with E-state index in [9.17, 15) is 19.5 Å². The van der Waals surface area contributed by atoms with Crippen LogP contribution in [0.2, 0.25) is 0 Å². The molecule has 5 atom stereocenters. The number of nitrogens with one attached hydrogen (secondary N) is 1. The molecule has 0 aromatic carbocycles. The highest BCUT2D eigenvalue weighted by Crippen LogP contribution is 2.60. The molecule has 3 amide bonds. The van der Waals surface area contributed by atoms with Gasteiger partial charge in [0, 0.05) is 25.3 Å². The number of ether oxygens (including phenoxy) is 1. The van der Waals surface area contributed by atoms with Crippen LogP contribution in [0.5, 0.6) is 0 Å². The van der Waals surface area contributed by atoms with Crippen LogP contribution in [0.1, 0.15) is 105 Å². The molecule has 4 rings (SSSR count). The van der Waals surface area contributed by atoms with Gasteiger partial charge < -0.3 is 15.2 Å². The Labute approximate surface area is 258 Å². The van der Waals surface area contributed by atoms with Crippen molar-refractivity contribution in [3.8, 4) is 0 Å². The Bertz CT molecular complexity index is 1130. The van der Waals surface area contributed by atoms with Gasteiger partial charge in [-0.15, -0.1) is 0 Å². The third-order valence-electron chi connectivity index (χ3n) is 10.5. The van der Waals surface area contributed by atoms with E-state index in [0.717, 1.165) is 42.9 Å². The summed E-state index contributed by atoms with van der Waals surface area (Å²) >= 11 is 0. The third-order valence-corrected chi connectivity index (χ3v) is 10.5. The molecule has 0 aromatic heterocycles. The first-order valence-corrected chi connectivity index (χ1v) is 16.6. The van der Waals surface area contributed by atoms with E-state index >= 15 is 0 Å². The van der Waals surface area contributed by atoms with Crippen molar-refractivity contribution < 1.29 is 24.2 Å². The molecule has 7 heteroatoms. The molecule has 0 radical (unpaired) electrons. The van der Waals surface area contributed by atoms with Crippen LogP contribution >= 0.6 is 0 Å². The summed E-state index contributed by atoms with van der Waals surface area (Å²) in [6, 6.07) is 0. The van der Waals surface area contributed by atoms with Crippen molar-refractivity contribution in [3.63, 3.8) is 0 Å². The number of fused-ring (bicyclic) bond motifs is 1. The number of imide groups is 1. The number of hydrogen-bond acceptors (Lipinski definition) is 5. The highest BCUT2D eigenvalue weighted by molar-refractivity contribution is 6.14. The van der Waals surface area contributed by atoms with Gasteiger partial charge in [0.2, 0.25) is 5.91 Å². The lowest BCUT2D eigenvalue weighted by molar-refractivity contribution is -0.141. The van der Waals surface area contributed by atoms with E-state index in [2.05, 4.69) is 37.9 Å². The van der Waals surface area contributed by atoms with Crippen LogP contribution in [0.25, 0.3) is 0 Å². The van der Waals surface area contributed by atoms with Gasteiger partial charge in [0.05, 0.1) is 11.7 Å². The normalized spacial score (nSPS) is 30.4. The predicted molar refractivity (Wildman–Crippen MR) is 170 cm³/mol. The summed E-state index contributed by atoms with van der Waals surface area (Å²) in [6.45, 7) is 13.9. The Morgan fingerprint density at radius 1 is 1.19 bits per heavy atom. The summed E-state index contributed by atoms with van der Waals surface area (Å²) in [5.74, 6) is 0.870. The lowest BCUT2D eigenvalue weighted by Gasteiger charge is -2.44. The topological polar surface area (TPSA) is 95.9 Å². The van der Waals surface area contributed by atoms with E-state index in [4.69, 9.17) is 4.74 Å². The molecule has 1 heterocycles. The zero-order valence-electron chi connectivity index (χ0n) is 27.0. The molecule has 0 unspecified atom stereocenters. The van der Waals surface area contributed by atoms with Crippen molar-refractivity contribution in [3.05, 3.63) is 47.6 Å². The molecule has 0 spiro atoms. The van der Waals surface area contributed by atoms with Gasteiger partial charge in [0.25, 0.3) is 11.8 Å². The molecule has 2 N–H and O–H groups in total. The van der Waals surface area contributed by atoms with Crippen LogP contribution in [-0.4, -0.2) is 59.1 Å². The fourth-order valence-electron chi connectivity index (χ4n) is 8.13. The quantitative estimate of drug-likeness (QED) is 0.196. The fourth-order valence-corrected chi connectivity index (χ4v) is 8.13. The second-order valence-electron chi connectivity index (χ2n) is 14.3. The molecule has 0 bridgehead atoms. The molecule has 1 aliphatic heterocycles. The van der Waals surface area contributed by atoms with E-state index in [0.29, 0.717) is 36.8 Å². The van der Waals surface area contributed by atoms with E-state index < -0.39 is 17.4 Å². The Kier molecular flexibility index (Phi) is 11.3. The van der Waals surface area contributed by atoms with Gasteiger partial charge in [-0.3, -0.25) is 19.3 Å². The van der Waals surface area contributed by atoms with Gasteiger partial charge in [-0.2, -0.15) is 0 Å². The van der Waals surface area contributed by atoms with Gasteiger partial charge in [0.1, 0.15) is 6.54 Å². The molecule has 0 saturated heterocycles. The molecular formula is C36H54N2O5. The molecule has 238 valence electrons. The summed E-state index contributed by atoms with van der Waals surface area (Å²) in [4.78, 5) is 36.3. The van der Waals surface area contributed by atoms with Gasteiger partial charge in [0.15, 0.2) is 0 Å². The van der Waals surface area contributed by atoms with E-state index in [-0.39, 0.29) is 18.6 Å². The van der Waals surface area contributed by atoms with Gasteiger partial charge in [-0.1, -0.05) is 56.6 Å². The maximum Gasteiger partial charge on any atom is 0.254 e. The first kappa shape index (κ1) is 33.4. The second kappa shape index (κ2) is 14.5. The number of hydrogen-bond donors (Lipinski definition) is 2. The minimum Gasteiger partial charge on any atom is -0.390 e. The van der Waals surface area contributed by atoms with Crippen molar-refractivity contribution in [2.75, 3.05) is 19.7 Å². The molecule has 3 fully saturated rings. The smallest absolute Gasteiger partial charge is 0.254 e. The number of carbonyl (C=O) groups excluding carboxylic acids is 3. The molecular weight excluding hydrogens is 540 g/mol. The zero-order chi connectivity index (χ0) is 31.2. The summed E-state index contributed by atoms with van der Waals surface area (Å²) in [5, 5.41) is 12.9. The molecule has 3 aliphatic carbocycles. The predicted octanol–water partition coefficient (Wildman–Crippen LogP) is 6.19. The van der Waals surface area contributed by atoms with Crippen LogP contribution < -0.4 is 5.32 Å². The molecule has 3 saturated carbocycles. The van der Waals surface area contributed by atoms with Gasteiger partial charge in [-0.05, 0) is 107 Å². The SMILES string of the molecule is C=C1CC[C@H](OCCCNC(=O)CN2C(=O)C=CC2=O)C/C1=C/C=C1\CCC[C@@]2(C)[C@H]1CC[C@H]2[C@H](C)CCCC(C)(C)O. The maximum absolute atomic E-state index is 12.1. The highest BCUT2D eigenvalue weighted by atomic mass is 16.5. The summed E-state index contributed by atoms with van der Waals surface area (Å²) < 4.78 is 6.18. The third kappa shape index (κ3) is 8.78. The zero-order valence-corrected chi connectivity index (χ0v) is 27.0. The number of allylic oxidation sites excluding steroid dienone is 4. The first-order valence-electron chi connectivity index (χ1n) is 16.6. The first-order chi connectivity index (χ1) is 20.4. The van der Waals surface area contributed by atoms with E-state index in [1.807, 2.05) is 13.8 Å². The van der Waals surface area contributed by atoms with Crippen LogP contribution in [0, 0.1) is 23.2 Å². The van der Waals surface area contributed by atoms with Gasteiger partial charge >= 0.3 is 0 Å².